The van der Waals surface area contributed by atoms with Crippen molar-refractivity contribution < 1.29 is 42.9 Å². The van der Waals surface area contributed by atoms with Gasteiger partial charge in [0.25, 0.3) is 10.1 Å². The van der Waals surface area contributed by atoms with E-state index < -0.39 is 20.2 Å². The highest BCUT2D eigenvalue weighted by Gasteiger charge is 2.28. The van der Waals surface area contributed by atoms with Crippen LogP contribution >= 0.6 is 0 Å². The van der Waals surface area contributed by atoms with Gasteiger partial charge in [0.15, 0.2) is 29.4 Å². The second-order valence-electron chi connectivity index (χ2n) is 9.83. The van der Waals surface area contributed by atoms with Crippen molar-refractivity contribution in [1.82, 2.24) is 0 Å². The zero-order valence-electron chi connectivity index (χ0n) is 27.4. The summed E-state index contributed by atoms with van der Waals surface area (Å²) < 4.78 is 54.5. The molecule has 6 aromatic carbocycles. The van der Waals surface area contributed by atoms with E-state index in [9.17, 15) is 21.4 Å². The highest BCUT2D eigenvalue weighted by molar-refractivity contribution is 7.97. The fourth-order valence-corrected chi connectivity index (χ4v) is 8.36. The monoisotopic (exact) mass is 820 g/mol. The number of rotatable bonds is 8. The molecule has 0 aliphatic heterocycles. The van der Waals surface area contributed by atoms with Crippen LogP contribution in [0.25, 0.3) is 0 Å². The summed E-state index contributed by atoms with van der Waals surface area (Å²) in [5.74, 6) is 0. The van der Waals surface area contributed by atoms with Crippen LogP contribution in [0, 0.1) is 0 Å². The summed E-state index contributed by atoms with van der Waals surface area (Å²) in [5.41, 5.74) is 0. The molecule has 0 aliphatic rings. The van der Waals surface area contributed by atoms with Gasteiger partial charge in [0, 0.05) is 5.41 Å². The van der Waals surface area contributed by atoms with Crippen molar-refractivity contribution in [3.05, 3.63) is 206 Å². The van der Waals surface area contributed by atoms with E-state index in [2.05, 4.69) is 195 Å². The van der Waals surface area contributed by atoms with Gasteiger partial charge in [-0.25, -0.2) is 8.42 Å². The first-order valence-corrected chi connectivity index (χ1v) is 20.4. The van der Waals surface area contributed by atoms with Gasteiger partial charge >= 0.3 is 0 Å². The van der Waals surface area contributed by atoms with E-state index in [1.807, 2.05) is 0 Å². The number of benzene rings is 6. The van der Waals surface area contributed by atoms with Crippen LogP contribution in [-0.4, -0.2) is 25.9 Å². The quantitative estimate of drug-likeness (QED) is 0.144. The molecule has 0 saturated carbocycles. The average molecular weight is 822 g/mol. The van der Waals surface area contributed by atoms with Crippen molar-refractivity contribution in [2.24, 2.45) is 0 Å². The zero-order chi connectivity index (χ0) is 36.2. The molecule has 0 saturated heterocycles. The minimum Gasteiger partial charge on any atom is -1.00 e. The lowest BCUT2D eigenvalue weighted by molar-refractivity contribution is -0.0000181. The minimum atomic E-state index is -4.15. The molecule has 264 valence electrons. The molecule has 0 amide bonds. The van der Waals surface area contributed by atoms with Crippen LogP contribution in [0.5, 0.6) is 0 Å². The average Bonchev–Trinajstić information content (AvgIpc) is 3.15. The lowest BCUT2D eigenvalue weighted by Gasteiger charge is -2.07. The molecule has 6 aromatic rings. The molecule has 51 heavy (non-hydrogen) atoms. The van der Waals surface area contributed by atoms with Crippen LogP contribution in [0.4, 0.5) is 0 Å². The Hall–Kier alpha value is -4.20. The fraction of sp³-hybridized carbons (Fsp3) is 0. The van der Waals surface area contributed by atoms with E-state index in [-0.39, 0.29) is 38.8 Å². The van der Waals surface area contributed by atoms with Gasteiger partial charge in [0.1, 0.15) is 10.1 Å². The van der Waals surface area contributed by atoms with Crippen LogP contribution in [-0.2, 0) is 42.0 Å². The zero-order valence-corrected chi connectivity index (χ0v) is 32.2. The maximum Gasteiger partial charge on any atom is 0.287 e. The van der Waals surface area contributed by atoms with E-state index in [4.69, 9.17) is 4.55 Å². The Morgan fingerprint density at radius 1 is 0.412 bits per heavy atom. The summed E-state index contributed by atoms with van der Waals surface area (Å²) in [5, 5.41) is 0.819. The second-order valence-corrected chi connectivity index (χ2v) is 16.6. The Bertz CT molecular complexity index is 1710. The fourth-order valence-electron chi connectivity index (χ4n) is 4.16. The molecule has 11 heteroatoms. The van der Waals surface area contributed by atoms with Gasteiger partial charge in [-0.1, -0.05) is 122 Å². The Morgan fingerprint density at radius 2 is 0.549 bits per heavy atom. The van der Waals surface area contributed by atoms with Gasteiger partial charge < -0.3 is 21.5 Å². The Morgan fingerprint density at radius 3 is 0.647 bits per heavy atom. The smallest absolute Gasteiger partial charge is 0.287 e. The molecule has 0 heterocycles. The van der Waals surface area contributed by atoms with Crippen molar-refractivity contribution in [2.75, 3.05) is 0 Å². The van der Waals surface area contributed by atoms with Crippen molar-refractivity contribution in [2.45, 2.75) is 29.4 Å². The lowest BCUT2D eigenvalue weighted by atomic mass is 10.4. The molecule has 0 unspecified atom stereocenters. The van der Waals surface area contributed by atoms with Crippen LogP contribution in [0.2, 0.25) is 0 Å². The van der Waals surface area contributed by atoms with Gasteiger partial charge in [-0.05, 0) is 72.8 Å². The Balaban J connectivity index is 0.000000266. The molecular formula is C40H37BrO6S4. The Kier molecular flexibility index (Phi) is 19.0. The van der Waals surface area contributed by atoms with Crippen molar-refractivity contribution in [1.29, 1.82) is 0 Å². The van der Waals surface area contributed by atoms with Crippen molar-refractivity contribution in [3.63, 3.8) is 0 Å². The predicted molar refractivity (Wildman–Crippen MR) is 205 cm³/mol. The first kappa shape index (κ1) is 43.0. The normalized spacial score (nSPS) is 10.4. The van der Waals surface area contributed by atoms with Crippen molar-refractivity contribution >= 4 is 42.0 Å². The summed E-state index contributed by atoms with van der Waals surface area (Å²) in [6.07, 6.45) is 0. The lowest BCUT2D eigenvalue weighted by Crippen LogP contribution is -3.00. The summed E-state index contributed by atoms with van der Waals surface area (Å²) in [7, 11) is -8.08. The molecule has 0 spiro atoms. The summed E-state index contributed by atoms with van der Waals surface area (Å²) in [4.78, 5) is 8.17. The molecule has 1 N–H and O–H groups in total. The van der Waals surface area contributed by atoms with Gasteiger partial charge in [-0.15, -0.1) is 0 Å². The number of halogens is 1. The molecule has 0 radical (unpaired) electrons. The van der Waals surface area contributed by atoms with E-state index in [1.165, 1.54) is 29.4 Å². The van der Waals surface area contributed by atoms with E-state index >= 15 is 0 Å². The van der Waals surface area contributed by atoms with Gasteiger partial charge in [-0.3, -0.25) is 4.55 Å². The predicted octanol–water partition coefficient (Wildman–Crippen LogP) is 6.26. The molecule has 6 rings (SSSR count). The SMILES string of the molecule is C=CS(=O)(=O)O.C=CS(=O)(=O)[O-].[Br-].c1ccc([S+](c2ccccc2)c2ccccc2)cc1.c1ccc([S+](c2ccccc2)c2ccccc2)cc1. The Labute approximate surface area is 318 Å². The van der Waals surface area contributed by atoms with E-state index in [0.717, 1.165) is 0 Å². The van der Waals surface area contributed by atoms with Gasteiger partial charge in [0.2, 0.25) is 0 Å². The topological polar surface area (TPSA) is 112 Å². The largest absolute Gasteiger partial charge is 1.00 e. The van der Waals surface area contributed by atoms with Crippen molar-refractivity contribution in [3.8, 4) is 0 Å². The molecule has 0 atom stereocenters. The highest BCUT2D eigenvalue weighted by atomic mass is 79.9. The summed E-state index contributed by atoms with van der Waals surface area (Å²) >= 11 is 0. The molecule has 6 nitrogen and oxygen atoms in total. The van der Waals surface area contributed by atoms with E-state index in [1.54, 1.807) is 0 Å². The molecule has 0 bridgehead atoms. The summed E-state index contributed by atoms with van der Waals surface area (Å²) in [6, 6.07) is 64.3. The molecular weight excluding hydrogens is 785 g/mol. The standard InChI is InChI=1S/2C18H15S.2C2H4O3S.BrH/c2*1-4-10-16(11-5-1)19(17-12-6-2-7-13-17)18-14-8-3-9-15-18;2*1-2-6(3,4)5;/h2*1-15H;2*2H,1H2,(H,3,4,5);1H/q2*+1;;;/p-2. The third-order valence-electron chi connectivity index (χ3n) is 6.29. The molecule has 0 fully saturated rings. The first-order valence-electron chi connectivity index (χ1n) is 15.0. The summed E-state index contributed by atoms with van der Waals surface area (Å²) in [6.45, 7) is 5.53. The maximum atomic E-state index is 9.44. The number of hydrogen-bond donors (Lipinski definition) is 1. The van der Waals surface area contributed by atoms with Gasteiger partial charge in [0.05, 0.1) is 27.2 Å². The molecule has 0 aromatic heterocycles. The second kappa shape index (κ2) is 22.6. The third kappa shape index (κ3) is 16.1. The number of hydrogen-bond acceptors (Lipinski definition) is 5. The first-order chi connectivity index (χ1) is 24.0. The maximum absolute atomic E-state index is 9.44. The van der Waals surface area contributed by atoms with Crippen LogP contribution in [0.1, 0.15) is 0 Å². The van der Waals surface area contributed by atoms with Gasteiger partial charge in [-0.2, -0.15) is 8.42 Å². The van der Waals surface area contributed by atoms with E-state index in [0.29, 0.717) is 10.8 Å². The highest BCUT2D eigenvalue weighted by Crippen LogP contribution is 2.31. The molecule has 0 aliphatic carbocycles. The van der Waals surface area contributed by atoms with Crippen LogP contribution < -0.4 is 17.0 Å². The third-order valence-corrected chi connectivity index (χ3v) is 11.6. The van der Waals surface area contributed by atoms with Crippen LogP contribution in [0.3, 0.4) is 0 Å². The minimum absolute atomic E-state index is 0. The van der Waals surface area contributed by atoms with Crippen LogP contribution in [0.15, 0.2) is 235 Å².